The largest absolute Gasteiger partial charge is 0.352 e. The second-order valence-corrected chi connectivity index (χ2v) is 7.58. The summed E-state index contributed by atoms with van der Waals surface area (Å²) in [5, 5.41) is 7.06. The van der Waals surface area contributed by atoms with E-state index in [1.165, 1.54) is 17.1 Å². The van der Waals surface area contributed by atoms with E-state index < -0.39 is 0 Å². The second kappa shape index (κ2) is 8.43. The van der Waals surface area contributed by atoms with E-state index >= 15 is 0 Å². The summed E-state index contributed by atoms with van der Waals surface area (Å²) in [6.45, 7) is 1.99. The summed E-state index contributed by atoms with van der Waals surface area (Å²) < 4.78 is 6.76. The minimum atomic E-state index is -0.245. The zero-order valence-corrected chi connectivity index (χ0v) is 16.4. The van der Waals surface area contributed by atoms with Gasteiger partial charge in [0, 0.05) is 23.9 Å². The highest BCUT2D eigenvalue weighted by molar-refractivity contribution is 5.76. The summed E-state index contributed by atoms with van der Waals surface area (Å²) >= 11 is 0. The number of aryl methyl sites for hydroxylation is 1. The van der Waals surface area contributed by atoms with Crippen LogP contribution in [0.2, 0.25) is 0 Å². The first-order valence-corrected chi connectivity index (χ1v) is 9.99. The molecule has 2 aromatic heterocycles. The van der Waals surface area contributed by atoms with Crippen molar-refractivity contribution < 1.29 is 9.32 Å². The van der Waals surface area contributed by atoms with Crippen LogP contribution < -0.4 is 10.9 Å². The molecule has 29 heavy (non-hydrogen) atoms. The van der Waals surface area contributed by atoms with Gasteiger partial charge in [0.1, 0.15) is 6.54 Å². The molecule has 0 aliphatic heterocycles. The number of carbonyl (C=O) groups is 1. The first-order valence-electron chi connectivity index (χ1n) is 9.99. The fraction of sp³-hybridized carbons (Fsp3) is 0.364. The van der Waals surface area contributed by atoms with Crippen molar-refractivity contribution in [2.45, 2.75) is 51.6 Å². The quantitative estimate of drug-likeness (QED) is 0.719. The molecule has 1 aliphatic rings. The van der Waals surface area contributed by atoms with Gasteiger partial charge in [0.2, 0.25) is 11.7 Å². The Morgan fingerprint density at radius 1 is 1.10 bits per heavy atom. The average Bonchev–Trinajstić information content (AvgIpc) is 3.21. The van der Waals surface area contributed by atoms with Gasteiger partial charge < -0.3 is 14.4 Å². The Hall–Kier alpha value is -3.22. The molecular weight excluding hydrogens is 368 g/mol. The van der Waals surface area contributed by atoms with Crippen molar-refractivity contribution in [1.82, 2.24) is 20.0 Å². The lowest BCUT2D eigenvalue weighted by molar-refractivity contribution is -0.122. The molecule has 0 radical (unpaired) electrons. The van der Waals surface area contributed by atoms with Crippen LogP contribution in [0.15, 0.2) is 51.9 Å². The first-order chi connectivity index (χ1) is 14.1. The summed E-state index contributed by atoms with van der Waals surface area (Å²) in [6.07, 6.45) is 7.11. The van der Waals surface area contributed by atoms with Gasteiger partial charge in [0.25, 0.3) is 11.4 Å². The molecule has 0 spiro atoms. The van der Waals surface area contributed by atoms with Gasteiger partial charge in [-0.25, -0.2) is 0 Å². The van der Waals surface area contributed by atoms with Crippen LogP contribution in [-0.4, -0.2) is 26.7 Å². The molecule has 7 nitrogen and oxygen atoms in total. The highest BCUT2D eigenvalue weighted by atomic mass is 16.5. The molecule has 1 aromatic carbocycles. The minimum absolute atomic E-state index is 0.0257. The van der Waals surface area contributed by atoms with Gasteiger partial charge in [-0.3, -0.25) is 9.59 Å². The Kier molecular flexibility index (Phi) is 5.55. The van der Waals surface area contributed by atoms with Gasteiger partial charge >= 0.3 is 0 Å². The zero-order chi connectivity index (χ0) is 20.2. The lowest BCUT2D eigenvalue weighted by Crippen LogP contribution is -2.39. The van der Waals surface area contributed by atoms with Crippen LogP contribution in [0.25, 0.3) is 22.8 Å². The van der Waals surface area contributed by atoms with Crippen LogP contribution in [0, 0.1) is 6.92 Å². The highest BCUT2D eigenvalue weighted by Gasteiger charge is 2.17. The zero-order valence-electron chi connectivity index (χ0n) is 16.4. The Balaban J connectivity index is 1.50. The number of pyridine rings is 1. The third-order valence-electron chi connectivity index (χ3n) is 5.25. The topological polar surface area (TPSA) is 90.0 Å². The predicted octanol–water partition coefficient (Wildman–Crippen LogP) is 3.32. The Bertz CT molecular complexity index is 1050. The number of rotatable bonds is 5. The molecule has 4 rings (SSSR count). The van der Waals surface area contributed by atoms with E-state index in [0.717, 1.165) is 36.8 Å². The molecule has 1 amide bonds. The molecular formula is C22H24N4O3. The molecule has 1 fully saturated rings. The van der Waals surface area contributed by atoms with Crippen LogP contribution >= 0.6 is 0 Å². The van der Waals surface area contributed by atoms with E-state index in [0.29, 0.717) is 17.3 Å². The maximum Gasteiger partial charge on any atom is 0.259 e. The molecule has 0 saturated heterocycles. The number of aromatic nitrogens is 3. The van der Waals surface area contributed by atoms with Gasteiger partial charge in [-0.1, -0.05) is 54.2 Å². The Labute approximate surface area is 168 Å². The summed E-state index contributed by atoms with van der Waals surface area (Å²) in [4.78, 5) is 29.0. The molecule has 150 valence electrons. The van der Waals surface area contributed by atoms with Crippen molar-refractivity contribution in [2.75, 3.05) is 0 Å². The van der Waals surface area contributed by atoms with Crippen molar-refractivity contribution in [3.63, 3.8) is 0 Å². The fourth-order valence-electron chi connectivity index (χ4n) is 3.62. The van der Waals surface area contributed by atoms with Crippen molar-refractivity contribution in [3.8, 4) is 22.8 Å². The summed E-state index contributed by atoms with van der Waals surface area (Å²) in [6, 6.07) is 11.1. The minimum Gasteiger partial charge on any atom is -0.352 e. The molecule has 7 heteroatoms. The normalized spacial score (nSPS) is 14.7. The average molecular weight is 392 g/mol. The van der Waals surface area contributed by atoms with Gasteiger partial charge in [-0.05, 0) is 25.8 Å². The Morgan fingerprint density at radius 3 is 2.59 bits per heavy atom. The third kappa shape index (κ3) is 4.62. The lowest BCUT2D eigenvalue weighted by Gasteiger charge is -2.22. The number of carbonyl (C=O) groups excluding carboxylic acids is 1. The molecule has 0 atom stereocenters. The molecule has 1 aliphatic carbocycles. The maximum absolute atomic E-state index is 12.4. The van der Waals surface area contributed by atoms with E-state index in [-0.39, 0.29) is 24.1 Å². The van der Waals surface area contributed by atoms with Crippen LogP contribution in [0.1, 0.15) is 37.7 Å². The van der Waals surface area contributed by atoms with Crippen LogP contribution in [0.5, 0.6) is 0 Å². The number of nitrogens with one attached hydrogen (secondary N) is 1. The summed E-state index contributed by atoms with van der Waals surface area (Å²) in [7, 11) is 0. The van der Waals surface area contributed by atoms with Crippen LogP contribution in [0.3, 0.4) is 0 Å². The number of nitrogens with zero attached hydrogens (tertiary/aromatic N) is 3. The number of hydrogen-bond donors (Lipinski definition) is 1. The number of amides is 1. The lowest BCUT2D eigenvalue weighted by atomic mass is 9.95. The van der Waals surface area contributed by atoms with Gasteiger partial charge in [0.05, 0.1) is 5.56 Å². The summed E-state index contributed by atoms with van der Waals surface area (Å²) in [5.41, 5.74) is 2.36. The molecule has 2 heterocycles. The standard InChI is InChI=1S/C22H24N4O3/c1-15-7-9-16(10-8-15)21-24-22(29-25-21)17-11-12-20(28)26(13-17)14-19(27)23-18-5-3-2-4-6-18/h7-13,18H,2-6,14H2,1H3,(H,23,27). The third-order valence-corrected chi connectivity index (χ3v) is 5.25. The number of benzene rings is 1. The SMILES string of the molecule is Cc1ccc(-c2noc(-c3ccc(=O)n(CC(=O)NC4CCCCC4)c3)n2)cc1. The fourth-order valence-corrected chi connectivity index (χ4v) is 3.62. The van der Waals surface area contributed by atoms with E-state index in [9.17, 15) is 9.59 Å². The molecule has 1 saturated carbocycles. The van der Waals surface area contributed by atoms with E-state index in [1.54, 1.807) is 12.3 Å². The van der Waals surface area contributed by atoms with Crippen molar-refractivity contribution in [1.29, 1.82) is 0 Å². The van der Waals surface area contributed by atoms with E-state index in [2.05, 4.69) is 15.5 Å². The first kappa shape index (κ1) is 19.1. The molecule has 0 bridgehead atoms. The monoisotopic (exact) mass is 392 g/mol. The van der Waals surface area contributed by atoms with Crippen LogP contribution in [0.4, 0.5) is 0 Å². The van der Waals surface area contributed by atoms with Gasteiger partial charge in [-0.15, -0.1) is 0 Å². The van der Waals surface area contributed by atoms with Crippen molar-refractivity contribution in [2.24, 2.45) is 0 Å². The van der Waals surface area contributed by atoms with E-state index in [4.69, 9.17) is 4.52 Å². The maximum atomic E-state index is 12.4. The van der Waals surface area contributed by atoms with E-state index in [1.807, 2.05) is 31.2 Å². The smallest absolute Gasteiger partial charge is 0.259 e. The van der Waals surface area contributed by atoms with Gasteiger partial charge in [0.15, 0.2) is 0 Å². The van der Waals surface area contributed by atoms with Gasteiger partial charge in [-0.2, -0.15) is 4.98 Å². The second-order valence-electron chi connectivity index (χ2n) is 7.58. The Morgan fingerprint density at radius 2 is 1.83 bits per heavy atom. The van der Waals surface area contributed by atoms with Crippen molar-refractivity contribution >= 4 is 5.91 Å². The molecule has 1 N–H and O–H groups in total. The highest BCUT2D eigenvalue weighted by Crippen LogP contribution is 2.22. The molecule has 3 aromatic rings. The van der Waals surface area contributed by atoms with Crippen LogP contribution in [-0.2, 0) is 11.3 Å². The summed E-state index contributed by atoms with van der Waals surface area (Å²) in [5.74, 6) is 0.636. The molecule has 0 unspecified atom stereocenters. The number of hydrogen-bond acceptors (Lipinski definition) is 5. The van der Waals surface area contributed by atoms with Crippen molar-refractivity contribution in [3.05, 3.63) is 58.5 Å². The predicted molar refractivity (Wildman–Crippen MR) is 109 cm³/mol.